The van der Waals surface area contributed by atoms with Gasteiger partial charge in [0.1, 0.15) is 12.6 Å². The molecule has 0 radical (unpaired) electrons. The van der Waals surface area contributed by atoms with Crippen LogP contribution < -0.4 is 5.11 Å². The summed E-state index contributed by atoms with van der Waals surface area (Å²) < 4.78 is 17.2. The van der Waals surface area contributed by atoms with E-state index in [-0.39, 0.29) is 42.7 Å². The van der Waals surface area contributed by atoms with Gasteiger partial charge in [0.2, 0.25) is 0 Å². The van der Waals surface area contributed by atoms with Crippen LogP contribution in [-0.4, -0.2) is 75.5 Å². The number of hydrogen-bond donors (Lipinski definition) is 0. The summed E-state index contributed by atoms with van der Waals surface area (Å²) in [6, 6.07) is -0.725. The van der Waals surface area contributed by atoms with E-state index in [1.54, 1.807) is 21.1 Å². The second kappa shape index (κ2) is 40.6. The quantitative estimate of drug-likeness (QED) is 0.0262. The summed E-state index contributed by atoms with van der Waals surface area (Å²) in [5.41, 5.74) is 0. The fraction of sp³-hybridized carbons (Fsp3) is 0.857. The smallest absolute Gasteiger partial charge is 0.306 e. The molecule has 0 fully saturated rings. The van der Waals surface area contributed by atoms with E-state index in [1.165, 1.54) is 128 Å². The molecule has 0 saturated carbocycles. The molecule has 0 aromatic carbocycles. The maximum atomic E-state index is 12.7. The fourth-order valence-electron chi connectivity index (χ4n) is 7.12. The molecule has 0 spiro atoms. The van der Waals surface area contributed by atoms with Gasteiger partial charge in [0.15, 0.2) is 6.10 Å². The van der Waals surface area contributed by atoms with Crippen molar-refractivity contribution in [1.29, 1.82) is 0 Å². The first-order valence-corrected chi connectivity index (χ1v) is 23.9. The summed E-state index contributed by atoms with van der Waals surface area (Å²) in [7, 11) is 5.41. The SMILES string of the molecule is CCCCC/C=C/C=C/CCCCCCCCC(=O)OC(COCCC(C(=O)[O-])[N+](C)(C)C)COC(=O)CCCCCCCCCCCCCCCCCCCC. The van der Waals surface area contributed by atoms with Gasteiger partial charge >= 0.3 is 11.9 Å². The third-order valence-electron chi connectivity index (χ3n) is 10.9. The number of likely N-dealkylation sites (N-methyl/N-ethyl adjacent to an activating group) is 1. The van der Waals surface area contributed by atoms with E-state index in [4.69, 9.17) is 14.2 Å². The van der Waals surface area contributed by atoms with Crippen LogP contribution in [0.2, 0.25) is 0 Å². The number of carboxylic acid groups (broad SMARTS) is 1. The summed E-state index contributed by atoms with van der Waals surface area (Å²) in [6.45, 7) is 4.65. The van der Waals surface area contributed by atoms with Crippen LogP contribution in [0.1, 0.15) is 219 Å². The van der Waals surface area contributed by atoms with Gasteiger partial charge in [0, 0.05) is 19.3 Å². The van der Waals surface area contributed by atoms with Gasteiger partial charge in [-0.2, -0.15) is 0 Å². The largest absolute Gasteiger partial charge is 0.544 e. The van der Waals surface area contributed by atoms with Crippen molar-refractivity contribution < 1.29 is 38.2 Å². The maximum absolute atomic E-state index is 12.7. The van der Waals surface area contributed by atoms with Crippen molar-refractivity contribution in [1.82, 2.24) is 0 Å². The van der Waals surface area contributed by atoms with Gasteiger partial charge in [0.25, 0.3) is 0 Å². The normalized spacial score (nSPS) is 13.1. The van der Waals surface area contributed by atoms with Crippen molar-refractivity contribution >= 4 is 17.9 Å². The minimum Gasteiger partial charge on any atom is -0.544 e. The average Bonchev–Trinajstić information content (AvgIpc) is 3.17. The second-order valence-corrected chi connectivity index (χ2v) is 17.4. The molecule has 0 aromatic heterocycles. The number of hydrogen-bond acceptors (Lipinski definition) is 7. The number of nitrogens with zero attached hydrogens (tertiary/aromatic N) is 1. The third-order valence-corrected chi connectivity index (χ3v) is 10.9. The van der Waals surface area contributed by atoms with E-state index in [2.05, 4.69) is 38.2 Å². The molecule has 2 atom stereocenters. The lowest BCUT2D eigenvalue weighted by Gasteiger charge is -2.34. The van der Waals surface area contributed by atoms with Crippen LogP contribution in [0.25, 0.3) is 0 Å². The van der Waals surface area contributed by atoms with Crippen LogP contribution in [0.4, 0.5) is 0 Å². The number of carboxylic acids is 1. The Balaban J connectivity index is 4.27. The number of esters is 2. The Morgan fingerprint density at radius 1 is 0.526 bits per heavy atom. The van der Waals surface area contributed by atoms with Crippen LogP contribution >= 0.6 is 0 Å². The van der Waals surface area contributed by atoms with Crippen LogP contribution in [0.5, 0.6) is 0 Å². The molecule has 0 saturated heterocycles. The zero-order valence-electron chi connectivity index (χ0n) is 38.0. The van der Waals surface area contributed by atoms with Crippen molar-refractivity contribution in [2.75, 3.05) is 41.0 Å². The lowest BCUT2D eigenvalue weighted by molar-refractivity contribution is -0.889. The number of unbranched alkanes of at least 4 members (excludes halogenated alkanes) is 26. The summed E-state index contributed by atoms with van der Waals surface area (Å²) in [4.78, 5) is 36.9. The molecule has 0 N–H and O–H groups in total. The molecule has 0 heterocycles. The molecule has 334 valence electrons. The van der Waals surface area contributed by atoms with Crippen molar-refractivity contribution in [3.05, 3.63) is 24.3 Å². The van der Waals surface area contributed by atoms with Crippen molar-refractivity contribution in [2.45, 2.75) is 231 Å². The molecule has 57 heavy (non-hydrogen) atoms. The average molecular weight is 806 g/mol. The first kappa shape index (κ1) is 54.8. The second-order valence-electron chi connectivity index (χ2n) is 17.4. The molecule has 0 aliphatic heterocycles. The first-order chi connectivity index (χ1) is 27.6. The monoisotopic (exact) mass is 806 g/mol. The van der Waals surface area contributed by atoms with Crippen molar-refractivity contribution in [3.8, 4) is 0 Å². The lowest BCUT2D eigenvalue weighted by atomic mass is 10.0. The molecule has 0 aliphatic rings. The van der Waals surface area contributed by atoms with Gasteiger partial charge in [-0.1, -0.05) is 186 Å². The van der Waals surface area contributed by atoms with Crippen molar-refractivity contribution in [2.24, 2.45) is 0 Å². The van der Waals surface area contributed by atoms with Crippen LogP contribution in [-0.2, 0) is 28.6 Å². The molecule has 0 rings (SSSR count). The predicted molar refractivity (Wildman–Crippen MR) is 236 cm³/mol. The minimum atomic E-state index is -1.12. The van der Waals surface area contributed by atoms with Crippen molar-refractivity contribution in [3.63, 3.8) is 0 Å². The topological polar surface area (TPSA) is 102 Å². The van der Waals surface area contributed by atoms with Gasteiger partial charge < -0.3 is 28.6 Å². The van der Waals surface area contributed by atoms with E-state index in [0.717, 1.165) is 57.8 Å². The molecular weight excluding hydrogens is 715 g/mol. The summed E-state index contributed by atoms with van der Waals surface area (Å²) in [6.07, 6.45) is 44.8. The van der Waals surface area contributed by atoms with Gasteiger partial charge in [-0.05, 0) is 38.5 Å². The number of carbonyl (C=O) groups is 3. The van der Waals surface area contributed by atoms with Crippen LogP contribution in [0.3, 0.4) is 0 Å². The highest BCUT2D eigenvalue weighted by atomic mass is 16.6. The maximum Gasteiger partial charge on any atom is 0.306 e. The zero-order chi connectivity index (χ0) is 42.1. The van der Waals surface area contributed by atoms with E-state index in [9.17, 15) is 19.5 Å². The molecule has 0 aromatic rings. The summed E-state index contributed by atoms with van der Waals surface area (Å²) >= 11 is 0. The molecule has 8 nitrogen and oxygen atoms in total. The number of ether oxygens (including phenoxy) is 3. The Hall–Kier alpha value is -2.19. The van der Waals surface area contributed by atoms with Gasteiger partial charge in [-0.3, -0.25) is 9.59 Å². The number of aliphatic carboxylic acids is 1. The lowest BCUT2D eigenvalue weighted by Crippen LogP contribution is -2.55. The van der Waals surface area contributed by atoms with E-state index in [0.29, 0.717) is 12.8 Å². The molecule has 0 amide bonds. The Kier molecular flexibility index (Phi) is 39.0. The number of allylic oxidation sites excluding steroid dienone is 4. The number of carbonyl (C=O) groups excluding carboxylic acids is 3. The Morgan fingerprint density at radius 2 is 0.912 bits per heavy atom. The minimum absolute atomic E-state index is 0.0399. The predicted octanol–water partition coefficient (Wildman–Crippen LogP) is 11.9. The molecular formula is C49H91NO7. The molecule has 8 heteroatoms. The van der Waals surface area contributed by atoms with Gasteiger partial charge in [-0.25, -0.2) is 0 Å². The highest BCUT2D eigenvalue weighted by molar-refractivity contribution is 5.70. The Morgan fingerprint density at radius 3 is 1.35 bits per heavy atom. The standard InChI is InChI=1S/C49H91NO7/c1-6-8-10-12-14-16-18-20-22-23-24-26-27-29-31-33-35-37-39-47(51)56-44-45(43-55-42-41-46(49(53)54)50(3,4)5)57-48(52)40-38-36-34-32-30-28-25-21-19-17-15-13-11-9-7-2/h15,17,19,21,45-46H,6-14,16,18,20,22-44H2,1-5H3/b17-15+,21-19+. The Labute approximate surface area is 351 Å². The van der Waals surface area contributed by atoms with Gasteiger partial charge in [-0.15, -0.1) is 0 Å². The van der Waals surface area contributed by atoms with E-state index in [1.807, 2.05) is 0 Å². The molecule has 0 aliphatic carbocycles. The van der Waals surface area contributed by atoms with Crippen LogP contribution in [0, 0.1) is 0 Å². The van der Waals surface area contributed by atoms with E-state index < -0.39 is 18.1 Å². The summed E-state index contributed by atoms with van der Waals surface area (Å²) in [5.74, 6) is -1.74. The van der Waals surface area contributed by atoms with E-state index >= 15 is 0 Å². The molecule has 0 bridgehead atoms. The first-order valence-electron chi connectivity index (χ1n) is 23.9. The fourth-order valence-corrected chi connectivity index (χ4v) is 7.12. The highest BCUT2D eigenvalue weighted by Gasteiger charge is 2.25. The van der Waals surface area contributed by atoms with Crippen LogP contribution in [0.15, 0.2) is 24.3 Å². The number of rotatable bonds is 43. The highest BCUT2D eigenvalue weighted by Crippen LogP contribution is 2.16. The molecule has 2 unspecified atom stereocenters. The Bertz CT molecular complexity index is 989. The third kappa shape index (κ3) is 39.1. The zero-order valence-corrected chi connectivity index (χ0v) is 38.0. The number of quaternary nitrogens is 1. The summed E-state index contributed by atoms with van der Waals surface area (Å²) in [5, 5.41) is 11.6. The van der Waals surface area contributed by atoms with Gasteiger partial charge in [0.05, 0.1) is 40.3 Å².